The Bertz CT molecular complexity index is 948. The van der Waals surface area contributed by atoms with Gasteiger partial charge in [0.2, 0.25) is 5.91 Å². The van der Waals surface area contributed by atoms with Gasteiger partial charge in [0.1, 0.15) is 12.4 Å². The Morgan fingerprint density at radius 1 is 1.16 bits per heavy atom. The second-order valence-corrected chi connectivity index (χ2v) is 8.94. The van der Waals surface area contributed by atoms with Crippen molar-refractivity contribution in [3.63, 3.8) is 0 Å². The highest BCUT2D eigenvalue weighted by atomic mass is 16.2. The second kappa shape index (κ2) is 10.2. The van der Waals surface area contributed by atoms with Crippen molar-refractivity contribution in [2.45, 2.75) is 84.0 Å². The van der Waals surface area contributed by atoms with E-state index in [9.17, 15) is 9.59 Å². The maximum absolute atomic E-state index is 13.3. The van der Waals surface area contributed by atoms with Gasteiger partial charge in [0.25, 0.3) is 5.56 Å². The van der Waals surface area contributed by atoms with Crippen LogP contribution in [0.2, 0.25) is 0 Å². The van der Waals surface area contributed by atoms with Crippen LogP contribution in [-0.2, 0) is 37.3 Å². The second-order valence-electron chi connectivity index (χ2n) is 8.94. The molecule has 1 aliphatic carbocycles. The zero-order chi connectivity index (χ0) is 21.6. The number of aryl methyl sites for hydroxylation is 1. The van der Waals surface area contributed by atoms with Crippen molar-refractivity contribution < 1.29 is 4.79 Å². The SMILES string of the molecule is CCCc1nc2c(c(=O)n1CC(=O)NC1CCCCC1)CCN(Cc1ccccc1)C2. The number of hydrogen-bond acceptors (Lipinski definition) is 4. The standard InChI is InChI=1S/C25H34N4O2/c1-2-9-23-27-22-17-28(16-19-10-5-3-6-11-19)15-14-21(22)25(31)29(23)18-24(30)26-20-12-7-4-8-13-20/h3,5-6,10-11,20H,2,4,7-9,12-18H2,1H3,(H,26,30). The van der Waals surface area contributed by atoms with Crippen molar-refractivity contribution in [3.05, 3.63) is 63.3 Å². The van der Waals surface area contributed by atoms with Crippen molar-refractivity contribution in [1.82, 2.24) is 19.8 Å². The number of nitrogens with one attached hydrogen (secondary N) is 1. The van der Waals surface area contributed by atoms with Crippen LogP contribution in [0.5, 0.6) is 0 Å². The maximum atomic E-state index is 13.3. The summed E-state index contributed by atoms with van der Waals surface area (Å²) in [5, 5.41) is 3.14. The lowest BCUT2D eigenvalue weighted by molar-refractivity contribution is -0.122. The largest absolute Gasteiger partial charge is 0.352 e. The summed E-state index contributed by atoms with van der Waals surface area (Å²) in [5.74, 6) is 0.682. The molecule has 4 rings (SSSR count). The zero-order valence-corrected chi connectivity index (χ0v) is 18.6. The third-order valence-corrected chi connectivity index (χ3v) is 6.47. The summed E-state index contributed by atoms with van der Waals surface area (Å²) in [6.45, 7) is 4.54. The van der Waals surface area contributed by atoms with Crippen molar-refractivity contribution in [1.29, 1.82) is 0 Å². The minimum atomic E-state index is -0.0605. The van der Waals surface area contributed by atoms with Gasteiger partial charge in [0.15, 0.2) is 0 Å². The molecule has 0 radical (unpaired) electrons. The van der Waals surface area contributed by atoms with E-state index in [1.54, 1.807) is 4.57 Å². The van der Waals surface area contributed by atoms with Crippen LogP contribution in [0.15, 0.2) is 35.1 Å². The number of nitrogens with zero attached hydrogens (tertiary/aromatic N) is 3. The molecule has 1 N–H and O–H groups in total. The Morgan fingerprint density at radius 3 is 2.68 bits per heavy atom. The molecule has 0 saturated heterocycles. The monoisotopic (exact) mass is 422 g/mol. The van der Waals surface area contributed by atoms with Gasteiger partial charge in [-0.05, 0) is 31.2 Å². The first-order valence-corrected chi connectivity index (χ1v) is 11.8. The van der Waals surface area contributed by atoms with Crippen LogP contribution in [0.1, 0.15) is 68.1 Å². The molecule has 166 valence electrons. The Hall–Kier alpha value is -2.47. The average Bonchev–Trinajstić information content (AvgIpc) is 2.78. The van der Waals surface area contributed by atoms with Crippen LogP contribution in [-0.4, -0.2) is 32.9 Å². The average molecular weight is 423 g/mol. The summed E-state index contributed by atoms with van der Waals surface area (Å²) in [5.41, 5.74) is 2.92. The molecule has 0 atom stereocenters. The summed E-state index contributed by atoms with van der Waals surface area (Å²) in [6.07, 6.45) is 7.97. The minimum absolute atomic E-state index is 0.0217. The molecule has 1 aliphatic heterocycles. The van der Waals surface area contributed by atoms with E-state index in [-0.39, 0.29) is 24.1 Å². The molecule has 0 spiro atoms. The normalized spacial score (nSPS) is 17.3. The smallest absolute Gasteiger partial charge is 0.257 e. The van der Waals surface area contributed by atoms with E-state index in [0.717, 1.165) is 49.4 Å². The molecule has 1 aromatic carbocycles. The summed E-state index contributed by atoms with van der Waals surface area (Å²) in [4.78, 5) is 33.3. The summed E-state index contributed by atoms with van der Waals surface area (Å²) in [6, 6.07) is 10.7. The molecule has 6 nitrogen and oxygen atoms in total. The van der Waals surface area contributed by atoms with Crippen LogP contribution in [0.25, 0.3) is 0 Å². The molecular weight excluding hydrogens is 388 g/mol. The molecule has 1 saturated carbocycles. The number of benzene rings is 1. The van der Waals surface area contributed by atoms with E-state index in [1.807, 2.05) is 6.07 Å². The van der Waals surface area contributed by atoms with Crippen molar-refractivity contribution >= 4 is 5.91 Å². The Balaban J connectivity index is 1.51. The number of amides is 1. The van der Waals surface area contributed by atoms with Crippen LogP contribution in [0.4, 0.5) is 0 Å². The van der Waals surface area contributed by atoms with Gasteiger partial charge in [-0.3, -0.25) is 19.1 Å². The van der Waals surface area contributed by atoms with E-state index in [2.05, 4.69) is 41.4 Å². The third-order valence-electron chi connectivity index (χ3n) is 6.47. The molecule has 2 heterocycles. The third kappa shape index (κ3) is 5.42. The summed E-state index contributed by atoms with van der Waals surface area (Å²) >= 11 is 0. The molecule has 31 heavy (non-hydrogen) atoms. The van der Waals surface area contributed by atoms with E-state index in [1.165, 1.54) is 24.8 Å². The van der Waals surface area contributed by atoms with Gasteiger partial charge in [0.05, 0.1) is 5.69 Å². The van der Waals surface area contributed by atoms with Crippen molar-refractivity contribution in [2.75, 3.05) is 6.54 Å². The van der Waals surface area contributed by atoms with E-state index >= 15 is 0 Å². The first-order valence-electron chi connectivity index (χ1n) is 11.8. The van der Waals surface area contributed by atoms with Crippen molar-refractivity contribution in [3.8, 4) is 0 Å². The first-order chi connectivity index (χ1) is 15.1. The van der Waals surface area contributed by atoms with Gasteiger partial charge < -0.3 is 5.32 Å². The molecule has 1 fully saturated rings. The van der Waals surface area contributed by atoms with Crippen LogP contribution < -0.4 is 10.9 Å². The van der Waals surface area contributed by atoms with Gasteiger partial charge >= 0.3 is 0 Å². The van der Waals surface area contributed by atoms with Gasteiger partial charge in [-0.25, -0.2) is 4.98 Å². The fraction of sp³-hybridized carbons (Fsp3) is 0.560. The predicted molar refractivity (Wildman–Crippen MR) is 122 cm³/mol. The topological polar surface area (TPSA) is 67.2 Å². The lowest BCUT2D eigenvalue weighted by atomic mass is 9.95. The van der Waals surface area contributed by atoms with E-state index in [0.29, 0.717) is 19.4 Å². The summed E-state index contributed by atoms with van der Waals surface area (Å²) in [7, 11) is 0. The summed E-state index contributed by atoms with van der Waals surface area (Å²) < 4.78 is 1.63. The first kappa shape index (κ1) is 21.8. The molecule has 0 unspecified atom stereocenters. The van der Waals surface area contributed by atoms with Crippen LogP contribution in [0.3, 0.4) is 0 Å². The maximum Gasteiger partial charge on any atom is 0.257 e. The fourth-order valence-corrected chi connectivity index (χ4v) is 4.85. The molecule has 2 aromatic rings. The minimum Gasteiger partial charge on any atom is -0.352 e. The quantitative estimate of drug-likeness (QED) is 0.744. The Labute approximate surface area is 184 Å². The number of fused-ring (bicyclic) bond motifs is 1. The van der Waals surface area contributed by atoms with Crippen LogP contribution in [0, 0.1) is 0 Å². The molecule has 1 aromatic heterocycles. The number of carbonyl (C=O) groups is 1. The lowest BCUT2D eigenvalue weighted by Gasteiger charge is -2.29. The molecule has 0 bridgehead atoms. The number of aromatic nitrogens is 2. The van der Waals surface area contributed by atoms with Gasteiger partial charge in [-0.2, -0.15) is 0 Å². The molecular formula is C25H34N4O2. The lowest BCUT2D eigenvalue weighted by Crippen LogP contribution is -2.43. The molecule has 6 heteroatoms. The highest BCUT2D eigenvalue weighted by molar-refractivity contribution is 5.76. The highest BCUT2D eigenvalue weighted by Crippen LogP contribution is 2.19. The number of carbonyl (C=O) groups excluding carboxylic acids is 1. The fourth-order valence-electron chi connectivity index (χ4n) is 4.85. The molecule has 1 amide bonds. The highest BCUT2D eigenvalue weighted by Gasteiger charge is 2.24. The Morgan fingerprint density at radius 2 is 1.94 bits per heavy atom. The van der Waals surface area contributed by atoms with Crippen LogP contribution >= 0.6 is 0 Å². The molecule has 2 aliphatic rings. The Kier molecular flexibility index (Phi) is 7.17. The number of hydrogen-bond donors (Lipinski definition) is 1. The predicted octanol–water partition coefficient (Wildman–Crippen LogP) is 3.20. The van der Waals surface area contributed by atoms with Gasteiger partial charge in [0, 0.05) is 37.7 Å². The van der Waals surface area contributed by atoms with Gasteiger partial charge in [-0.15, -0.1) is 0 Å². The zero-order valence-electron chi connectivity index (χ0n) is 18.6. The van der Waals surface area contributed by atoms with E-state index in [4.69, 9.17) is 4.98 Å². The van der Waals surface area contributed by atoms with Gasteiger partial charge in [-0.1, -0.05) is 56.5 Å². The number of rotatable bonds is 7. The van der Waals surface area contributed by atoms with Crippen molar-refractivity contribution in [2.24, 2.45) is 0 Å². The van der Waals surface area contributed by atoms with E-state index < -0.39 is 0 Å².